The Labute approximate surface area is 135 Å². The molecule has 7 N–H and O–H groups in total. The summed E-state index contributed by atoms with van der Waals surface area (Å²) in [5, 5.41) is 20.6. The molecule has 5 unspecified atom stereocenters. The van der Waals surface area contributed by atoms with Crippen LogP contribution in [0.3, 0.4) is 0 Å². The van der Waals surface area contributed by atoms with Crippen molar-refractivity contribution in [3.8, 4) is 11.5 Å². The number of likely N-dealkylation sites (tertiary alicyclic amines) is 1. The maximum absolute atomic E-state index is 12.4. The Morgan fingerprint density at radius 3 is 2.83 bits per heavy atom. The van der Waals surface area contributed by atoms with Crippen LogP contribution >= 0.6 is 0 Å². The van der Waals surface area contributed by atoms with Crippen molar-refractivity contribution in [3.63, 3.8) is 0 Å². The maximum Gasteiger partial charge on any atom is 0.161 e. The van der Waals surface area contributed by atoms with E-state index in [1.807, 2.05) is 6.07 Å². The van der Waals surface area contributed by atoms with E-state index in [-0.39, 0.29) is 29.7 Å². The number of ketones is 1. The number of carbonyl (C=O) groups excluding carboxylic acids is 1. The van der Waals surface area contributed by atoms with E-state index in [9.17, 15) is 15.0 Å². The number of carbonyl (C=O) groups is 1. The van der Waals surface area contributed by atoms with E-state index in [2.05, 4.69) is 7.05 Å². The molecule has 1 aromatic rings. The fourth-order valence-corrected chi connectivity index (χ4v) is 5.44. The molecular weight excluding hydrogens is 294 g/mol. The minimum Gasteiger partial charge on any atom is -0.504 e. The minimum atomic E-state index is -0.638. The van der Waals surface area contributed by atoms with Crippen molar-refractivity contribution in [2.24, 2.45) is 11.5 Å². The molecule has 1 aromatic carbocycles. The maximum atomic E-state index is 12.4. The molecule has 3 aliphatic rings. The zero-order valence-electron chi connectivity index (χ0n) is 13.3. The molecule has 0 aromatic heterocycles. The van der Waals surface area contributed by atoms with E-state index in [0.717, 1.165) is 18.5 Å². The van der Waals surface area contributed by atoms with Gasteiger partial charge >= 0.3 is 0 Å². The Hall–Kier alpha value is -1.63. The average Bonchev–Trinajstić information content (AvgIpc) is 2.48. The highest BCUT2D eigenvalue weighted by atomic mass is 16.3. The lowest BCUT2D eigenvalue weighted by Gasteiger charge is -2.62. The summed E-state index contributed by atoms with van der Waals surface area (Å²) in [6.07, 6.45) is 2.13. The molecule has 1 saturated heterocycles. The van der Waals surface area contributed by atoms with Crippen LogP contribution in [0.5, 0.6) is 11.5 Å². The molecule has 1 heterocycles. The normalized spacial score (nSPS) is 42.0. The van der Waals surface area contributed by atoms with E-state index >= 15 is 0 Å². The summed E-state index contributed by atoms with van der Waals surface area (Å²) >= 11 is 0. The number of hydrogen-bond donors (Lipinski definition) is 5. The van der Waals surface area contributed by atoms with Gasteiger partial charge in [0.1, 0.15) is 6.04 Å². The first-order valence-corrected chi connectivity index (χ1v) is 8.24. The Morgan fingerprint density at radius 1 is 1.35 bits per heavy atom. The molecular formula is C17H24N3O3+. The molecule has 6 nitrogen and oxygen atoms in total. The van der Waals surface area contributed by atoms with Gasteiger partial charge in [-0.3, -0.25) is 4.79 Å². The molecule has 2 fully saturated rings. The number of rotatable bonds is 0. The Morgan fingerprint density at radius 2 is 2.09 bits per heavy atom. The van der Waals surface area contributed by atoms with Crippen LogP contribution < -0.4 is 16.4 Å². The highest BCUT2D eigenvalue weighted by molar-refractivity contribution is 5.88. The first-order chi connectivity index (χ1) is 10.8. The zero-order chi connectivity index (χ0) is 16.6. The van der Waals surface area contributed by atoms with Gasteiger partial charge in [-0.05, 0) is 18.1 Å². The van der Waals surface area contributed by atoms with Crippen molar-refractivity contribution in [1.29, 1.82) is 0 Å². The van der Waals surface area contributed by atoms with Crippen LogP contribution in [0.25, 0.3) is 0 Å². The van der Waals surface area contributed by atoms with Gasteiger partial charge in [-0.15, -0.1) is 0 Å². The van der Waals surface area contributed by atoms with Crippen molar-refractivity contribution < 1.29 is 19.9 Å². The number of phenols is 2. The van der Waals surface area contributed by atoms with E-state index in [1.165, 1.54) is 11.0 Å². The highest BCUT2D eigenvalue weighted by Gasteiger charge is 2.67. The quantitative estimate of drug-likeness (QED) is 0.376. The molecule has 2 aliphatic carbocycles. The van der Waals surface area contributed by atoms with Gasteiger partial charge in [0.05, 0.1) is 25.2 Å². The zero-order valence-corrected chi connectivity index (χ0v) is 13.3. The van der Waals surface area contributed by atoms with Gasteiger partial charge in [-0.1, -0.05) is 6.07 Å². The van der Waals surface area contributed by atoms with Gasteiger partial charge in [-0.25, -0.2) is 0 Å². The minimum absolute atomic E-state index is 0.0000269. The summed E-state index contributed by atoms with van der Waals surface area (Å²) in [6, 6.07) is 3.00. The number of Topliss-reactive ketones (excluding diaryl/α,β-unsaturated/α-hetero) is 1. The second kappa shape index (κ2) is 4.47. The summed E-state index contributed by atoms with van der Waals surface area (Å²) in [4.78, 5) is 13.8. The number of quaternary nitrogens is 1. The van der Waals surface area contributed by atoms with Crippen LogP contribution in [0, 0.1) is 0 Å². The number of hydrogen-bond acceptors (Lipinski definition) is 5. The third-order valence-corrected chi connectivity index (χ3v) is 6.65. The van der Waals surface area contributed by atoms with Gasteiger partial charge in [0.25, 0.3) is 0 Å². The van der Waals surface area contributed by atoms with E-state index in [1.54, 1.807) is 0 Å². The molecule has 1 saturated carbocycles. The Kier molecular flexibility index (Phi) is 2.90. The topological polar surface area (TPSA) is 114 Å². The van der Waals surface area contributed by atoms with Crippen LogP contribution in [0.4, 0.5) is 0 Å². The fourth-order valence-electron chi connectivity index (χ4n) is 5.44. The van der Waals surface area contributed by atoms with Crippen molar-refractivity contribution in [2.45, 2.75) is 48.7 Å². The van der Waals surface area contributed by atoms with E-state index < -0.39 is 17.0 Å². The lowest BCUT2D eigenvalue weighted by atomic mass is 9.47. The van der Waals surface area contributed by atoms with Gasteiger partial charge in [0.15, 0.2) is 17.3 Å². The van der Waals surface area contributed by atoms with Crippen LogP contribution in [0.1, 0.15) is 30.4 Å². The summed E-state index contributed by atoms with van der Waals surface area (Å²) in [7, 11) is 2.14. The first-order valence-electron chi connectivity index (χ1n) is 8.24. The summed E-state index contributed by atoms with van der Waals surface area (Å²) < 4.78 is 0. The van der Waals surface area contributed by atoms with E-state index in [4.69, 9.17) is 11.5 Å². The average molecular weight is 318 g/mol. The number of fused-ring (bicyclic) bond motifs is 1. The first kappa shape index (κ1) is 14.9. The number of benzene rings is 1. The highest BCUT2D eigenvalue weighted by Crippen LogP contribution is 2.56. The predicted molar refractivity (Wildman–Crippen MR) is 84.4 cm³/mol. The molecule has 6 heteroatoms. The Bertz CT molecular complexity index is 707. The lowest BCUT2D eigenvalue weighted by molar-refractivity contribution is -0.919. The number of phenolic OH excluding ortho intramolecular Hbond substituents is 2. The largest absolute Gasteiger partial charge is 0.504 e. The molecule has 0 spiro atoms. The third-order valence-electron chi connectivity index (χ3n) is 6.65. The van der Waals surface area contributed by atoms with E-state index in [0.29, 0.717) is 18.4 Å². The second-order valence-corrected chi connectivity index (χ2v) is 7.65. The third kappa shape index (κ3) is 1.66. The number of piperidine rings is 1. The van der Waals surface area contributed by atoms with Gasteiger partial charge in [-0.2, -0.15) is 0 Å². The second-order valence-electron chi connectivity index (χ2n) is 7.65. The molecule has 0 amide bonds. The lowest BCUT2D eigenvalue weighted by Crippen LogP contribution is -3.19. The van der Waals surface area contributed by atoms with Crippen molar-refractivity contribution in [1.82, 2.24) is 0 Å². The number of nitrogens with one attached hydrogen (secondary N) is 1. The molecule has 0 radical (unpaired) electrons. The monoisotopic (exact) mass is 318 g/mol. The smallest absolute Gasteiger partial charge is 0.161 e. The SMILES string of the molecule is C[NH+]1CCC23CC(=O)C(N)CC2(N)C1Cc1ccc(O)c(O)c13. The standard InChI is InChI=1S/C17H23N3O3/c1-20-5-4-16-8-12(22)10(18)7-17(16,19)13(20)6-9-2-3-11(21)15(23)14(9)16/h2-3,10,13,21,23H,4-8,18-19H2,1H3/p+1. The van der Waals surface area contributed by atoms with Crippen LogP contribution in [0.2, 0.25) is 0 Å². The molecule has 5 atom stereocenters. The fraction of sp³-hybridized carbons (Fsp3) is 0.588. The summed E-state index contributed by atoms with van der Waals surface area (Å²) in [6.45, 7) is 0.890. The van der Waals surface area contributed by atoms with Gasteiger partial charge in [0.2, 0.25) is 0 Å². The molecule has 2 bridgehead atoms. The van der Waals surface area contributed by atoms with Crippen LogP contribution in [-0.4, -0.2) is 47.2 Å². The number of nitrogens with two attached hydrogens (primary N) is 2. The van der Waals surface area contributed by atoms with Gasteiger partial charge in [0, 0.05) is 30.2 Å². The molecule has 23 heavy (non-hydrogen) atoms. The predicted octanol–water partition coefficient (Wildman–Crippen LogP) is -1.43. The molecule has 124 valence electrons. The van der Waals surface area contributed by atoms with Crippen molar-refractivity contribution >= 4 is 5.78 Å². The van der Waals surface area contributed by atoms with Crippen molar-refractivity contribution in [2.75, 3.05) is 13.6 Å². The van der Waals surface area contributed by atoms with Crippen LogP contribution in [0.15, 0.2) is 12.1 Å². The van der Waals surface area contributed by atoms with Crippen LogP contribution in [-0.2, 0) is 16.6 Å². The summed E-state index contributed by atoms with van der Waals surface area (Å²) in [5.41, 5.74) is 13.4. The Balaban J connectivity index is 2.02. The molecule has 1 aliphatic heterocycles. The molecule has 4 rings (SSSR count). The van der Waals surface area contributed by atoms with Gasteiger partial charge < -0.3 is 26.6 Å². The number of aromatic hydroxyl groups is 2. The summed E-state index contributed by atoms with van der Waals surface area (Å²) in [5.74, 6) is -0.258. The van der Waals surface area contributed by atoms with Crippen molar-refractivity contribution in [3.05, 3.63) is 23.3 Å². The number of likely N-dealkylation sites (N-methyl/N-ethyl adjacent to an activating group) is 1.